The SMILES string of the molecule is Cc1ccc(F)c(-n2c(N)nc3cc(Br)cnc32)c1F. The number of anilines is 1. The number of fused-ring (bicyclic) bond motifs is 1. The Hall–Kier alpha value is -2.02. The van der Waals surface area contributed by atoms with Crippen LogP contribution < -0.4 is 5.73 Å². The molecule has 0 aliphatic carbocycles. The molecule has 0 unspecified atom stereocenters. The van der Waals surface area contributed by atoms with E-state index in [1.807, 2.05) is 0 Å². The van der Waals surface area contributed by atoms with Crippen LogP contribution in [-0.4, -0.2) is 14.5 Å². The third kappa shape index (κ3) is 1.85. The maximum absolute atomic E-state index is 14.2. The second-order valence-corrected chi connectivity index (χ2v) is 5.24. The van der Waals surface area contributed by atoms with Crippen molar-refractivity contribution in [2.45, 2.75) is 6.92 Å². The summed E-state index contributed by atoms with van der Waals surface area (Å²) in [5.74, 6) is -1.42. The Morgan fingerprint density at radius 3 is 2.80 bits per heavy atom. The van der Waals surface area contributed by atoms with Gasteiger partial charge in [0.1, 0.15) is 17.0 Å². The van der Waals surface area contributed by atoms with Gasteiger partial charge in [-0.05, 0) is 40.5 Å². The first-order valence-electron chi connectivity index (χ1n) is 5.73. The molecule has 4 nitrogen and oxygen atoms in total. The Labute approximate surface area is 121 Å². The van der Waals surface area contributed by atoms with E-state index in [4.69, 9.17) is 5.73 Å². The maximum Gasteiger partial charge on any atom is 0.207 e. The second kappa shape index (κ2) is 4.52. The number of imidazole rings is 1. The van der Waals surface area contributed by atoms with Crippen LogP contribution in [0.5, 0.6) is 0 Å². The van der Waals surface area contributed by atoms with Gasteiger partial charge in [-0.15, -0.1) is 0 Å². The van der Waals surface area contributed by atoms with Crippen LogP contribution in [0.2, 0.25) is 0 Å². The topological polar surface area (TPSA) is 56.7 Å². The number of hydrogen-bond donors (Lipinski definition) is 1. The predicted octanol–water partition coefficient (Wildman–Crippen LogP) is 3.35. The van der Waals surface area contributed by atoms with Crippen LogP contribution in [0.1, 0.15) is 5.56 Å². The van der Waals surface area contributed by atoms with Crippen molar-refractivity contribution in [2.75, 3.05) is 5.73 Å². The van der Waals surface area contributed by atoms with E-state index >= 15 is 0 Å². The number of nitrogens with zero attached hydrogens (tertiary/aromatic N) is 3. The highest BCUT2D eigenvalue weighted by Crippen LogP contribution is 2.28. The van der Waals surface area contributed by atoms with Gasteiger partial charge in [0.25, 0.3) is 0 Å². The molecular weight excluding hydrogens is 330 g/mol. The number of halogens is 3. The highest BCUT2D eigenvalue weighted by Gasteiger charge is 2.19. The van der Waals surface area contributed by atoms with Crippen LogP contribution in [0.4, 0.5) is 14.7 Å². The maximum atomic E-state index is 14.2. The van der Waals surface area contributed by atoms with Crippen molar-refractivity contribution in [3.63, 3.8) is 0 Å². The second-order valence-electron chi connectivity index (χ2n) is 4.33. The lowest BCUT2D eigenvalue weighted by molar-refractivity contribution is 0.566. The summed E-state index contributed by atoms with van der Waals surface area (Å²) >= 11 is 3.26. The van der Waals surface area contributed by atoms with E-state index in [2.05, 4.69) is 25.9 Å². The summed E-state index contributed by atoms with van der Waals surface area (Å²) in [5, 5.41) is 0. The number of pyridine rings is 1. The van der Waals surface area contributed by atoms with E-state index in [0.717, 1.165) is 0 Å². The number of nitrogen functional groups attached to an aromatic ring is 1. The minimum atomic E-state index is -0.719. The van der Waals surface area contributed by atoms with Gasteiger partial charge in [0.05, 0.1) is 0 Å². The van der Waals surface area contributed by atoms with Gasteiger partial charge in [0, 0.05) is 10.7 Å². The van der Waals surface area contributed by atoms with E-state index in [9.17, 15) is 8.78 Å². The van der Waals surface area contributed by atoms with Gasteiger partial charge in [-0.2, -0.15) is 0 Å². The van der Waals surface area contributed by atoms with Gasteiger partial charge in [-0.1, -0.05) is 6.07 Å². The van der Waals surface area contributed by atoms with E-state index in [-0.39, 0.29) is 11.6 Å². The lowest BCUT2D eigenvalue weighted by Crippen LogP contribution is -2.07. The average Bonchev–Trinajstić information content (AvgIpc) is 2.70. The summed E-state index contributed by atoms with van der Waals surface area (Å²) < 4.78 is 30.1. The van der Waals surface area contributed by atoms with E-state index in [1.54, 1.807) is 13.0 Å². The zero-order chi connectivity index (χ0) is 14.4. The van der Waals surface area contributed by atoms with Gasteiger partial charge in [-0.25, -0.2) is 18.7 Å². The summed E-state index contributed by atoms with van der Waals surface area (Å²) in [7, 11) is 0. The van der Waals surface area contributed by atoms with Crippen molar-refractivity contribution < 1.29 is 8.78 Å². The highest BCUT2D eigenvalue weighted by atomic mass is 79.9. The fraction of sp³-hybridized carbons (Fsp3) is 0.0769. The molecule has 3 rings (SSSR count). The lowest BCUT2D eigenvalue weighted by Gasteiger charge is -2.10. The first-order chi connectivity index (χ1) is 9.49. The fourth-order valence-corrected chi connectivity index (χ4v) is 2.34. The molecule has 0 radical (unpaired) electrons. The molecule has 0 bridgehead atoms. The third-order valence-electron chi connectivity index (χ3n) is 2.97. The molecule has 0 amide bonds. The molecule has 0 saturated carbocycles. The summed E-state index contributed by atoms with van der Waals surface area (Å²) in [5.41, 5.74) is 6.60. The molecule has 0 fully saturated rings. The van der Waals surface area contributed by atoms with Gasteiger partial charge >= 0.3 is 0 Å². The molecule has 2 heterocycles. The van der Waals surface area contributed by atoms with Crippen molar-refractivity contribution in [1.82, 2.24) is 14.5 Å². The van der Waals surface area contributed by atoms with E-state index < -0.39 is 11.6 Å². The van der Waals surface area contributed by atoms with Crippen molar-refractivity contribution >= 4 is 33.0 Å². The third-order valence-corrected chi connectivity index (χ3v) is 3.41. The molecule has 3 aromatic rings. The molecule has 2 aromatic heterocycles. The van der Waals surface area contributed by atoms with Gasteiger partial charge in [0.2, 0.25) is 5.95 Å². The van der Waals surface area contributed by atoms with Crippen LogP contribution in [0.15, 0.2) is 28.9 Å². The van der Waals surface area contributed by atoms with Crippen molar-refractivity contribution in [3.8, 4) is 5.69 Å². The molecule has 1 aromatic carbocycles. The number of hydrogen-bond acceptors (Lipinski definition) is 3. The number of rotatable bonds is 1. The number of aryl methyl sites for hydroxylation is 1. The van der Waals surface area contributed by atoms with Gasteiger partial charge in [-0.3, -0.25) is 4.57 Å². The fourth-order valence-electron chi connectivity index (χ4n) is 2.03. The zero-order valence-electron chi connectivity index (χ0n) is 10.4. The summed E-state index contributed by atoms with van der Waals surface area (Å²) in [4.78, 5) is 8.21. The summed E-state index contributed by atoms with van der Waals surface area (Å²) in [6, 6.07) is 4.24. The molecular formula is C13H9BrF2N4. The van der Waals surface area contributed by atoms with Gasteiger partial charge in [0.15, 0.2) is 11.5 Å². The number of aromatic nitrogens is 3. The van der Waals surface area contributed by atoms with Crippen LogP contribution in [-0.2, 0) is 0 Å². The first-order valence-corrected chi connectivity index (χ1v) is 6.53. The Kier molecular flexibility index (Phi) is 2.93. The highest BCUT2D eigenvalue weighted by molar-refractivity contribution is 9.10. The number of benzene rings is 1. The Balaban J connectivity index is 2.41. The Bertz CT molecular complexity index is 829. The molecule has 7 heteroatoms. The van der Waals surface area contributed by atoms with E-state index in [1.165, 1.54) is 22.9 Å². The van der Waals surface area contributed by atoms with Crippen molar-refractivity contribution in [3.05, 3.63) is 46.1 Å². The Morgan fingerprint density at radius 2 is 2.05 bits per heavy atom. The first kappa shape index (κ1) is 13.0. The minimum absolute atomic E-state index is 0.0194. The van der Waals surface area contributed by atoms with Crippen molar-refractivity contribution in [1.29, 1.82) is 0 Å². The average molecular weight is 339 g/mol. The molecule has 102 valence electrons. The van der Waals surface area contributed by atoms with Crippen LogP contribution in [0, 0.1) is 18.6 Å². The summed E-state index contributed by atoms with van der Waals surface area (Å²) in [6.45, 7) is 1.55. The van der Waals surface area contributed by atoms with Gasteiger partial charge < -0.3 is 5.73 Å². The minimum Gasteiger partial charge on any atom is -0.369 e. The van der Waals surface area contributed by atoms with Crippen molar-refractivity contribution in [2.24, 2.45) is 0 Å². The molecule has 2 N–H and O–H groups in total. The molecule has 0 aliphatic heterocycles. The molecule has 0 atom stereocenters. The molecule has 20 heavy (non-hydrogen) atoms. The predicted molar refractivity (Wildman–Crippen MR) is 75.6 cm³/mol. The van der Waals surface area contributed by atoms with E-state index in [0.29, 0.717) is 21.2 Å². The van der Waals surface area contributed by atoms with Crippen LogP contribution in [0.3, 0.4) is 0 Å². The monoisotopic (exact) mass is 338 g/mol. The smallest absolute Gasteiger partial charge is 0.207 e. The molecule has 0 aliphatic rings. The normalized spacial score (nSPS) is 11.2. The van der Waals surface area contributed by atoms with Crippen LogP contribution >= 0.6 is 15.9 Å². The Morgan fingerprint density at radius 1 is 1.30 bits per heavy atom. The lowest BCUT2D eigenvalue weighted by atomic mass is 10.2. The largest absolute Gasteiger partial charge is 0.369 e. The molecule has 0 saturated heterocycles. The molecule has 0 spiro atoms. The zero-order valence-corrected chi connectivity index (χ0v) is 11.9. The standard InChI is InChI=1S/C13H9BrF2N4/c1-6-2-3-8(15)11(10(6)16)20-12-9(19-13(20)17)4-7(14)5-18-12/h2-5H,1H3,(H2,17,19). The summed E-state index contributed by atoms with van der Waals surface area (Å²) in [6.07, 6.45) is 1.52. The van der Waals surface area contributed by atoms with Crippen LogP contribution in [0.25, 0.3) is 16.9 Å². The quantitative estimate of drug-likeness (QED) is 0.740. The number of nitrogens with two attached hydrogens (primary N) is 1.